The topological polar surface area (TPSA) is 64.6 Å². The number of carbonyl (C=O) groups excluding carboxylic acids is 1. The highest BCUT2D eigenvalue weighted by Gasteiger charge is 2.31. The molecule has 3 rings (SSSR count). The maximum Gasteiger partial charge on any atom is 0.573 e. The van der Waals surface area contributed by atoms with Crippen LogP contribution in [0.25, 0.3) is 0 Å². The van der Waals surface area contributed by atoms with Crippen LogP contribution >= 0.6 is 0 Å². The lowest BCUT2D eigenvalue weighted by Gasteiger charge is -2.16. The standard InChI is InChI=1S/C19H14F3N3O3/c1-25(14-4-3-9-23-12-14)18(26)13-7-8-17(24-11-13)27-15-5-2-6-16(10-15)28-19(20,21)22/h2-12H,1H3. The highest BCUT2D eigenvalue weighted by Crippen LogP contribution is 2.28. The molecule has 144 valence electrons. The third-order valence-corrected chi connectivity index (χ3v) is 3.58. The number of aromatic nitrogens is 2. The maximum absolute atomic E-state index is 12.5. The second-order valence-electron chi connectivity index (χ2n) is 5.59. The van der Waals surface area contributed by atoms with E-state index >= 15 is 0 Å². The number of nitrogens with zero attached hydrogens (tertiary/aromatic N) is 3. The lowest BCUT2D eigenvalue weighted by atomic mass is 10.2. The third-order valence-electron chi connectivity index (χ3n) is 3.58. The van der Waals surface area contributed by atoms with Crippen molar-refractivity contribution in [3.05, 3.63) is 72.7 Å². The number of hydrogen-bond donors (Lipinski definition) is 0. The molecule has 1 amide bonds. The van der Waals surface area contributed by atoms with Crippen molar-refractivity contribution in [1.29, 1.82) is 0 Å². The first-order valence-electron chi connectivity index (χ1n) is 7.99. The third kappa shape index (κ3) is 4.97. The van der Waals surface area contributed by atoms with Gasteiger partial charge in [0.2, 0.25) is 5.88 Å². The predicted octanol–water partition coefficient (Wildman–Crippen LogP) is 4.44. The fraction of sp³-hybridized carbons (Fsp3) is 0.105. The summed E-state index contributed by atoms with van der Waals surface area (Å²) in [6, 6.07) is 11.5. The summed E-state index contributed by atoms with van der Waals surface area (Å²) in [4.78, 5) is 21.9. The smallest absolute Gasteiger partial charge is 0.439 e. The SMILES string of the molecule is CN(C(=O)c1ccc(Oc2cccc(OC(F)(F)F)c2)nc1)c1cccnc1. The average Bonchev–Trinajstić information content (AvgIpc) is 2.67. The summed E-state index contributed by atoms with van der Waals surface area (Å²) in [6.07, 6.45) is -0.317. The van der Waals surface area contributed by atoms with E-state index < -0.39 is 12.1 Å². The Morgan fingerprint density at radius 3 is 2.46 bits per heavy atom. The molecule has 6 nitrogen and oxygen atoms in total. The van der Waals surface area contributed by atoms with Crippen LogP contribution < -0.4 is 14.4 Å². The number of benzene rings is 1. The number of alkyl halides is 3. The fourth-order valence-corrected chi connectivity index (χ4v) is 2.29. The summed E-state index contributed by atoms with van der Waals surface area (Å²) in [5, 5.41) is 0. The minimum absolute atomic E-state index is 0.112. The normalized spacial score (nSPS) is 11.0. The van der Waals surface area contributed by atoms with Crippen molar-refractivity contribution in [2.45, 2.75) is 6.36 Å². The van der Waals surface area contributed by atoms with E-state index in [1.165, 1.54) is 35.4 Å². The first kappa shape index (κ1) is 19.2. The second kappa shape index (κ2) is 7.95. The molecule has 2 aromatic heterocycles. The molecule has 0 bridgehead atoms. The highest BCUT2D eigenvalue weighted by atomic mass is 19.4. The first-order chi connectivity index (χ1) is 13.3. The van der Waals surface area contributed by atoms with Crippen LogP contribution in [0.3, 0.4) is 0 Å². The molecular weight excluding hydrogens is 375 g/mol. The molecule has 0 saturated carbocycles. The van der Waals surface area contributed by atoms with Gasteiger partial charge in [-0.25, -0.2) is 4.98 Å². The summed E-state index contributed by atoms with van der Waals surface area (Å²) in [7, 11) is 1.61. The van der Waals surface area contributed by atoms with Crippen LogP contribution in [-0.2, 0) is 0 Å². The first-order valence-corrected chi connectivity index (χ1v) is 7.99. The molecule has 0 fully saturated rings. The summed E-state index contributed by atoms with van der Waals surface area (Å²) in [5.74, 6) is -0.479. The second-order valence-corrected chi connectivity index (χ2v) is 5.59. The molecule has 0 aliphatic rings. The van der Waals surface area contributed by atoms with Crippen LogP contribution in [0.4, 0.5) is 18.9 Å². The van der Waals surface area contributed by atoms with E-state index in [0.29, 0.717) is 11.3 Å². The number of anilines is 1. The van der Waals surface area contributed by atoms with E-state index in [2.05, 4.69) is 14.7 Å². The van der Waals surface area contributed by atoms with Gasteiger partial charge in [0.1, 0.15) is 11.5 Å². The number of rotatable bonds is 5. The van der Waals surface area contributed by atoms with E-state index in [1.807, 2.05) is 0 Å². The molecule has 0 aliphatic heterocycles. The summed E-state index contributed by atoms with van der Waals surface area (Å²) in [5.41, 5.74) is 0.933. The van der Waals surface area contributed by atoms with Crippen LogP contribution in [0, 0.1) is 0 Å². The molecule has 0 spiro atoms. The van der Waals surface area contributed by atoms with Gasteiger partial charge in [0.15, 0.2) is 0 Å². The minimum atomic E-state index is -4.79. The van der Waals surface area contributed by atoms with Crippen LogP contribution in [0.1, 0.15) is 10.4 Å². The van der Waals surface area contributed by atoms with Crippen LogP contribution in [0.2, 0.25) is 0 Å². The Labute approximate surface area is 158 Å². The van der Waals surface area contributed by atoms with E-state index in [0.717, 1.165) is 12.1 Å². The van der Waals surface area contributed by atoms with Crippen molar-refractivity contribution >= 4 is 11.6 Å². The summed E-state index contributed by atoms with van der Waals surface area (Å²) >= 11 is 0. The van der Waals surface area contributed by atoms with Gasteiger partial charge in [-0.15, -0.1) is 13.2 Å². The predicted molar refractivity (Wildman–Crippen MR) is 94.4 cm³/mol. The van der Waals surface area contributed by atoms with Crippen LogP contribution in [-0.4, -0.2) is 29.3 Å². The van der Waals surface area contributed by atoms with Crippen molar-refractivity contribution in [3.8, 4) is 17.4 Å². The van der Waals surface area contributed by atoms with Gasteiger partial charge in [-0.05, 0) is 30.3 Å². The molecule has 0 radical (unpaired) electrons. The molecule has 0 atom stereocenters. The largest absolute Gasteiger partial charge is 0.573 e. The van der Waals surface area contributed by atoms with Crippen molar-refractivity contribution in [1.82, 2.24) is 9.97 Å². The molecule has 28 heavy (non-hydrogen) atoms. The van der Waals surface area contributed by atoms with E-state index in [1.54, 1.807) is 31.6 Å². The molecule has 2 heterocycles. The van der Waals surface area contributed by atoms with E-state index in [9.17, 15) is 18.0 Å². The molecule has 0 saturated heterocycles. The van der Waals surface area contributed by atoms with Gasteiger partial charge in [0.05, 0.1) is 17.4 Å². The Kier molecular flexibility index (Phi) is 5.44. The number of halogens is 3. The van der Waals surface area contributed by atoms with Crippen LogP contribution in [0.5, 0.6) is 17.4 Å². The molecular formula is C19H14F3N3O3. The van der Waals surface area contributed by atoms with Crippen molar-refractivity contribution in [2.24, 2.45) is 0 Å². The average molecular weight is 389 g/mol. The minimum Gasteiger partial charge on any atom is -0.439 e. The van der Waals surface area contributed by atoms with Gasteiger partial charge < -0.3 is 14.4 Å². The molecule has 0 N–H and O–H groups in total. The zero-order valence-corrected chi connectivity index (χ0v) is 14.6. The zero-order chi connectivity index (χ0) is 20.1. The molecule has 1 aromatic carbocycles. The number of hydrogen-bond acceptors (Lipinski definition) is 5. The number of amides is 1. The monoisotopic (exact) mass is 389 g/mol. The van der Waals surface area contributed by atoms with Gasteiger partial charge in [-0.2, -0.15) is 0 Å². The Hall–Kier alpha value is -3.62. The van der Waals surface area contributed by atoms with Gasteiger partial charge in [-0.3, -0.25) is 9.78 Å². The van der Waals surface area contributed by atoms with Gasteiger partial charge >= 0.3 is 6.36 Å². The molecule has 9 heteroatoms. The molecule has 3 aromatic rings. The van der Waals surface area contributed by atoms with Crippen molar-refractivity contribution in [3.63, 3.8) is 0 Å². The lowest BCUT2D eigenvalue weighted by Crippen LogP contribution is -2.26. The molecule has 0 aliphatic carbocycles. The quantitative estimate of drug-likeness (QED) is 0.645. The van der Waals surface area contributed by atoms with Gasteiger partial charge in [0, 0.05) is 31.6 Å². The van der Waals surface area contributed by atoms with Crippen LogP contribution in [0.15, 0.2) is 67.1 Å². The summed E-state index contributed by atoms with van der Waals surface area (Å²) < 4.78 is 46.1. The number of pyridine rings is 2. The Morgan fingerprint density at radius 1 is 1.04 bits per heavy atom. The fourth-order valence-electron chi connectivity index (χ4n) is 2.29. The maximum atomic E-state index is 12.5. The Balaban J connectivity index is 1.69. The molecule has 0 unspecified atom stereocenters. The number of ether oxygens (including phenoxy) is 2. The Morgan fingerprint density at radius 2 is 1.82 bits per heavy atom. The van der Waals surface area contributed by atoms with E-state index in [-0.39, 0.29) is 17.5 Å². The van der Waals surface area contributed by atoms with Crippen molar-refractivity contribution < 1.29 is 27.4 Å². The van der Waals surface area contributed by atoms with Gasteiger partial charge in [0.25, 0.3) is 5.91 Å². The lowest BCUT2D eigenvalue weighted by molar-refractivity contribution is -0.274. The highest BCUT2D eigenvalue weighted by molar-refractivity contribution is 6.05. The summed E-state index contributed by atoms with van der Waals surface area (Å²) in [6.45, 7) is 0. The Bertz CT molecular complexity index is 948. The van der Waals surface area contributed by atoms with Crippen molar-refractivity contribution in [2.75, 3.05) is 11.9 Å². The number of carbonyl (C=O) groups is 1. The van der Waals surface area contributed by atoms with E-state index in [4.69, 9.17) is 4.74 Å². The zero-order valence-electron chi connectivity index (χ0n) is 14.6. The van der Waals surface area contributed by atoms with Gasteiger partial charge in [-0.1, -0.05) is 6.07 Å².